The highest BCUT2D eigenvalue weighted by Crippen LogP contribution is 2.21. The quantitative estimate of drug-likeness (QED) is 0.405. The molecule has 2 aromatic carbocycles. The molecule has 7 heteroatoms. The number of amides is 1. The Morgan fingerprint density at radius 1 is 1.07 bits per heavy atom. The molecule has 2 aromatic rings. The third-order valence-electron chi connectivity index (χ3n) is 4.13. The van der Waals surface area contributed by atoms with Crippen LogP contribution >= 0.6 is 0 Å². The van der Waals surface area contributed by atoms with Crippen LogP contribution in [0.25, 0.3) is 0 Å². The number of para-hydroxylation sites is 1. The van der Waals surface area contributed by atoms with E-state index in [2.05, 4.69) is 19.2 Å². The maximum atomic E-state index is 12.2. The minimum atomic E-state index is -0.690. The van der Waals surface area contributed by atoms with E-state index in [-0.39, 0.29) is 23.7 Å². The minimum absolute atomic E-state index is 0.148. The van der Waals surface area contributed by atoms with Gasteiger partial charge in [0.05, 0.1) is 17.4 Å². The van der Waals surface area contributed by atoms with Gasteiger partial charge >= 0.3 is 5.97 Å². The number of carbonyl (C=O) groups is 2. The smallest absolute Gasteiger partial charge is 0.311 e. The Morgan fingerprint density at radius 2 is 1.71 bits per heavy atom. The van der Waals surface area contributed by atoms with E-state index in [1.807, 2.05) is 30.3 Å². The molecule has 148 valence electrons. The summed E-state index contributed by atoms with van der Waals surface area (Å²) in [6.07, 6.45) is 0.485. The van der Waals surface area contributed by atoms with E-state index >= 15 is 0 Å². The van der Waals surface area contributed by atoms with Gasteiger partial charge in [0.15, 0.2) is 6.61 Å². The zero-order valence-corrected chi connectivity index (χ0v) is 16.0. The highest BCUT2D eigenvalue weighted by atomic mass is 16.6. The van der Waals surface area contributed by atoms with Crippen molar-refractivity contribution in [3.63, 3.8) is 0 Å². The molecule has 0 heterocycles. The van der Waals surface area contributed by atoms with Crippen molar-refractivity contribution >= 4 is 17.6 Å². The molecule has 1 amide bonds. The second kappa shape index (κ2) is 10.2. The summed E-state index contributed by atoms with van der Waals surface area (Å²) in [5.41, 5.74) is 1.08. The summed E-state index contributed by atoms with van der Waals surface area (Å²) in [4.78, 5) is 34.7. The molecular formula is C21H24N2O5. The van der Waals surface area contributed by atoms with Crippen molar-refractivity contribution in [3.8, 4) is 0 Å². The van der Waals surface area contributed by atoms with Crippen molar-refractivity contribution in [3.05, 3.63) is 75.8 Å². The molecule has 0 spiro atoms. The molecule has 1 unspecified atom stereocenters. The van der Waals surface area contributed by atoms with Crippen LogP contribution in [0.3, 0.4) is 0 Å². The van der Waals surface area contributed by atoms with Crippen LogP contribution in [0.15, 0.2) is 54.6 Å². The molecule has 0 bridgehead atoms. The van der Waals surface area contributed by atoms with Gasteiger partial charge in [0.1, 0.15) is 0 Å². The van der Waals surface area contributed by atoms with Crippen molar-refractivity contribution in [2.45, 2.75) is 32.7 Å². The second-order valence-corrected chi connectivity index (χ2v) is 6.88. The van der Waals surface area contributed by atoms with Crippen LogP contribution in [0.2, 0.25) is 0 Å². The Bertz CT molecular complexity index is 821. The monoisotopic (exact) mass is 384 g/mol. The lowest BCUT2D eigenvalue weighted by atomic mass is 9.97. The number of hydrogen-bond acceptors (Lipinski definition) is 5. The number of nitro benzene ring substituents is 1. The van der Waals surface area contributed by atoms with Crippen LogP contribution < -0.4 is 5.32 Å². The lowest BCUT2D eigenvalue weighted by molar-refractivity contribution is -0.385. The van der Waals surface area contributed by atoms with E-state index in [9.17, 15) is 19.7 Å². The molecule has 0 aliphatic rings. The van der Waals surface area contributed by atoms with Crippen LogP contribution in [-0.2, 0) is 20.7 Å². The lowest BCUT2D eigenvalue weighted by Crippen LogP contribution is -2.33. The third kappa shape index (κ3) is 6.50. The molecule has 0 saturated heterocycles. The van der Waals surface area contributed by atoms with E-state index in [4.69, 9.17) is 4.74 Å². The summed E-state index contributed by atoms with van der Waals surface area (Å²) < 4.78 is 5.01. The van der Waals surface area contributed by atoms with Crippen molar-refractivity contribution in [2.24, 2.45) is 5.92 Å². The Kier molecular flexibility index (Phi) is 7.68. The van der Waals surface area contributed by atoms with E-state index in [0.29, 0.717) is 5.92 Å². The molecule has 28 heavy (non-hydrogen) atoms. The van der Waals surface area contributed by atoms with Gasteiger partial charge in [0.2, 0.25) is 0 Å². The standard InChI is InChI=1S/C21H24N2O5/c1-15(2)12-18(16-8-4-3-5-9-16)22-20(24)14-28-21(25)13-17-10-6-7-11-19(17)23(26)27/h3-11,15,18H,12-14H2,1-2H3,(H,22,24). The first-order valence-electron chi connectivity index (χ1n) is 9.09. The van der Waals surface area contributed by atoms with E-state index in [1.165, 1.54) is 18.2 Å². The molecule has 0 aromatic heterocycles. The van der Waals surface area contributed by atoms with E-state index in [1.54, 1.807) is 6.07 Å². The fourth-order valence-corrected chi connectivity index (χ4v) is 2.86. The molecule has 0 aliphatic carbocycles. The maximum absolute atomic E-state index is 12.2. The average molecular weight is 384 g/mol. The summed E-state index contributed by atoms with van der Waals surface area (Å²) in [6.45, 7) is 3.70. The predicted molar refractivity (Wildman–Crippen MR) is 105 cm³/mol. The number of nitro groups is 1. The van der Waals surface area contributed by atoms with Crippen molar-refractivity contribution in [1.82, 2.24) is 5.32 Å². The molecule has 0 radical (unpaired) electrons. The number of nitrogens with one attached hydrogen (secondary N) is 1. The normalized spacial score (nSPS) is 11.7. The van der Waals surface area contributed by atoms with Gasteiger partial charge < -0.3 is 10.1 Å². The molecule has 1 N–H and O–H groups in total. The fourth-order valence-electron chi connectivity index (χ4n) is 2.86. The zero-order chi connectivity index (χ0) is 20.5. The van der Waals surface area contributed by atoms with Crippen LogP contribution in [0.1, 0.15) is 37.4 Å². The van der Waals surface area contributed by atoms with Crippen molar-refractivity contribution in [2.75, 3.05) is 6.61 Å². The molecule has 1 atom stereocenters. The number of nitrogens with zero attached hydrogens (tertiary/aromatic N) is 1. The van der Waals surface area contributed by atoms with E-state index < -0.39 is 23.4 Å². The Hall–Kier alpha value is -3.22. The molecule has 2 rings (SSSR count). The van der Waals surface area contributed by atoms with Gasteiger partial charge in [0.25, 0.3) is 11.6 Å². The summed E-state index contributed by atoms with van der Waals surface area (Å²) in [5.74, 6) is -0.735. The molecule has 0 fully saturated rings. The maximum Gasteiger partial charge on any atom is 0.311 e. The van der Waals surface area contributed by atoms with Gasteiger partial charge in [-0.2, -0.15) is 0 Å². The highest BCUT2D eigenvalue weighted by molar-refractivity contribution is 5.81. The second-order valence-electron chi connectivity index (χ2n) is 6.88. The number of rotatable bonds is 9. The number of hydrogen-bond donors (Lipinski definition) is 1. The summed E-state index contributed by atoms with van der Waals surface area (Å²) in [6, 6.07) is 15.4. The van der Waals surface area contributed by atoms with Gasteiger partial charge in [-0.15, -0.1) is 0 Å². The topological polar surface area (TPSA) is 98.5 Å². The first-order chi connectivity index (χ1) is 13.4. The number of ether oxygens (including phenoxy) is 1. The highest BCUT2D eigenvalue weighted by Gasteiger charge is 2.19. The van der Waals surface area contributed by atoms with Gasteiger partial charge in [-0.05, 0) is 17.9 Å². The zero-order valence-electron chi connectivity index (χ0n) is 16.0. The summed E-state index contributed by atoms with van der Waals surface area (Å²) in [7, 11) is 0. The van der Waals surface area contributed by atoms with E-state index in [0.717, 1.165) is 12.0 Å². The molecule has 0 saturated carbocycles. The fraction of sp³-hybridized carbons (Fsp3) is 0.333. The van der Waals surface area contributed by atoms with Crippen LogP contribution in [0, 0.1) is 16.0 Å². The predicted octanol–water partition coefficient (Wildman–Crippen LogP) is 3.58. The van der Waals surface area contributed by atoms with Gasteiger partial charge in [-0.25, -0.2) is 0 Å². The Morgan fingerprint density at radius 3 is 2.36 bits per heavy atom. The van der Waals surface area contributed by atoms with Crippen LogP contribution in [-0.4, -0.2) is 23.4 Å². The lowest BCUT2D eigenvalue weighted by Gasteiger charge is -2.21. The SMILES string of the molecule is CC(C)CC(NC(=O)COC(=O)Cc1ccccc1[N+](=O)[O-])c1ccccc1. The minimum Gasteiger partial charge on any atom is -0.455 e. The van der Waals surface area contributed by atoms with Crippen molar-refractivity contribution in [1.29, 1.82) is 0 Å². The first kappa shape index (κ1) is 21.1. The Labute approximate surface area is 163 Å². The van der Waals surface area contributed by atoms with Gasteiger partial charge in [-0.3, -0.25) is 19.7 Å². The number of esters is 1. The molecular weight excluding hydrogens is 360 g/mol. The summed E-state index contributed by atoms with van der Waals surface area (Å²) >= 11 is 0. The summed E-state index contributed by atoms with van der Waals surface area (Å²) in [5, 5.41) is 13.9. The van der Waals surface area contributed by atoms with Gasteiger partial charge in [0, 0.05) is 11.6 Å². The van der Waals surface area contributed by atoms with Crippen LogP contribution in [0.5, 0.6) is 0 Å². The van der Waals surface area contributed by atoms with Gasteiger partial charge in [-0.1, -0.05) is 62.4 Å². The molecule has 7 nitrogen and oxygen atoms in total. The third-order valence-corrected chi connectivity index (χ3v) is 4.13. The van der Waals surface area contributed by atoms with Crippen molar-refractivity contribution < 1.29 is 19.2 Å². The first-order valence-corrected chi connectivity index (χ1v) is 9.09. The molecule has 0 aliphatic heterocycles. The Balaban J connectivity index is 1.92. The van der Waals surface area contributed by atoms with Crippen LogP contribution in [0.4, 0.5) is 5.69 Å². The number of benzene rings is 2. The largest absolute Gasteiger partial charge is 0.455 e. The number of carbonyl (C=O) groups excluding carboxylic acids is 2. The average Bonchev–Trinajstić information content (AvgIpc) is 2.66.